The molecule has 0 saturated carbocycles. The minimum absolute atomic E-state index is 0.130. The maximum atomic E-state index is 3.74. The second kappa shape index (κ2) is 0.405. The zero-order valence-corrected chi connectivity index (χ0v) is 3.36. The van der Waals surface area contributed by atoms with Gasteiger partial charge in [0.25, 0.3) is 0 Å². The lowest BCUT2D eigenvalue weighted by atomic mass is 11.2. The average molecular weight is 68.2 g/mol. The zero-order valence-electron chi connectivity index (χ0n) is 2.36. The lowest BCUT2D eigenvalue weighted by Gasteiger charge is -1.14. The molecule has 4 heavy (non-hydrogen) atoms. The molecule has 0 aliphatic carbocycles. The molecule has 0 aliphatic heterocycles. The van der Waals surface area contributed by atoms with E-state index in [1.54, 1.807) is 0 Å². The van der Waals surface area contributed by atoms with Gasteiger partial charge in [-0.05, 0) is 0 Å². The predicted octanol–water partition coefficient (Wildman–Crippen LogP) is 0.509. The lowest BCUT2D eigenvalue weighted by molar-refractivity contribution is 2.53. The van der Waals surface area contributed by atoms with Gasteiger partial charge in [-0.2, -0.15) is 0 Å². The van der Waals surface area contributed by atoms with Crippen molar-refractivity contribution in [2.24, 2.45) is 0 Å². The molecule has 1 aromatic heterocycles. The highest BCUT2D eigenvalue weighted by molar-refractivity contribution is 6.48. The summed E-state index contributed by atoms with van der Waals surface area (Å²) < 4.78 is 0. The van der Waals surface area contributed by atoms with Gasteiger partial charge in [0.05, 0.1) is 8.01 Å². The van der Waals surface area contributed by atoms with Gasteiger partial charge in [-0.15, -0.1) is 6.17 Å². The topological polar surface area (TPSA) is 0 Å². The molecule has 1 rings (SSSR count). The SMILES string of the molecule is C=[si]1cc1. The molecule has 0 spiro atoms. The maximum Gasteiger partial charge on any atom is 0.0561 e. The summed E-state index contributed by atoms with van der Waals surface area (Å²) in [5.74, 6) is 0. The first-order chi connectivity index (χ1) is 1.89. The number of rotatable bonds is 0. The van der Waals surface area contributed by atoms with E-state index in [9.17, 15) is 0 Å². The number of hydrogen-bond acceptors (Lipinski definition) is 0. The molecule has 0 bridgehead atoms. The molecule has 20 valence electrons. The first kappa shape index (κ1) is 2.09. The van der Waals surface area contributed by atoms with Crippen molar-refractivity contribution < 1.29 is 0 Å². The first-order valence-electron chi connectivity index (χ1n) is 1.26. The number of hydrogen-bond donors (Lipinski definition) is 0. The van der Waals surface area contributed by atoms with Crippen LogP contribution in [0.25, 0.3) is 0 Å². The molecule has 1 heteroatoms. The zero-order chi connectivity index (χ0) is 2.99. The summed E-state index contributed by atoms with van der Waals surface area (Å²) in [6.45, 7) is 0. The Morgan fingerprint density at radius 3 is 1.75 bits per heavy atom. The fraction of sp³-hybridized carbons (Fsp3) is 0. The van der Waals surface area contributed by atoms with E-state index in [2.05, 4.69) is 17.5 Å². The van der Waals surface area contributed by atoms with Crippen molar-refractivity contribution >= 4 is 8.01 Å². The van der Waals surface area contributed by atoms with Crippen LogP contribution in [0, 0.1) is 6.17 Å². The Morgan fingerprint density at radius 2 is 1.75 bits per heavy atom. The van der Waals surface area contributed by atoms with Gasteiger partial charge in [-0.25, -0.2) is 0 Å². The largest absolute Gasteiger partial charge is 0.111 e. The van der Waals surface area contributed by atoms with Crippen molar-refractivity contribution in [2.45, 2.75) is 0 Å². The van der Waals surface area contributed by atoms with Gasteiger partial charge in [0, 0.05) is 0 Å². The van der Waals surface area contributed by atoms with Gasteiger partial charge in [0.2, 0.25) is 0 Å². The van der Waals surface area contributed by atoms with E-state index >= 15 is 0 Å². The molecule has 1 aromatic rings. The molecule has 0 fully saturated rings. The monoisotopic (exact) mass is 68.0 g/mol. The van der Waals surface area contributed by atoms with Crippen molar-refractivity contribution in [3.63, 3.8) is 0 Å². The Hall–Kier alpha value is -0.173. The van der Waals surface area contributed by atoms with Crippen molar-refractivity contribution in [2.75, 3.05) is 0 Å². The molecular formula is C3H4Si. The second-order valence-corrected chi connectivity index (χ2v) is 2.72. The van der Waals surface area contributed by atoms with Crippen LogP contribution in [-0.2, 0) is 0 Å². The van der Waals surface area contributed by atoms with Crippen LogP contribution in [0.3, 0.4) is 0 Å². The Morgan fingerprint density at radius 1 is 1.50 bits per heavy atom. The van der Waals surface area contributed by atoms with Gasteiger partial charge in [0.15, 0.2) is 0 Å². The van der Waals surface area contributed by atoms with Crippen LogP contribution < -0.4 is 0 Å². The van der Waals surface area contributed by atoms with Crippen LogP contribution in [0.4, 0.5) is 0 Å². The van der Waals surface area contributed by atoms with E-state index in [1.807, 2.05) is 0 Å². The molecule has 0 nitrogen and oxygen atoms in total. The Kier molecular flexibility index (Phi) is 0.211. The Labute approximate surface area is 26.5 Å². The second-order valence-electron chi connectivity index (χ2n) is 0.908. The van der Waals surface area contributed by atoms with Gasteiger partial charge in [0.1, 0.15) is 0 Å². The molecule has 0 aromatic carbocycles. The fourth-order valence-corrected chi connectivity index (χ4v) is 0.530. The highest BCUT2D eigenvalue weighted by atomic mass is 28.2. The van der Waals surface area contributed by atoms with Gasteiger partial charge in [-0.3, -0.25) is 0 Å². The van der Waals surface area contributed by atoms with Crippen molar-refractivity contribution in [1.29, 1.82) is 0 Å². The summed E-state index contributed by atoms with van der Waals surface area (Å²) in [4.78, 5) is 0. The third-order valence-electron chi connectivity index (χ3n) is 0.402. The van der Waals surface area contributed by atoms with E-state index in [4.69, 9.17) is 0 Å². The summed E-state index contributed by atoms with van der Waals surface area (Å²) in [6, 6.07) is 0. The molecule has 0 unspecified atom stereocenters. The average Bonchev–Trinajstić information content (AvgIpc) is 1.75. The van der Waals surface area contributed by atoms with Crippen LogP contribution in [0.1, 0.15) is 0 Å². The van der Waals surface area contributed by atoms with Crippen molar-refractivity contribution in [1.82, 2.24) is 0 Å². The van der Waals surface area contributed by atoms with Crippen LogP contribution in [0.5, 0.6) is 0 Å². The van der Waals surface area contributed by atoms with E-state index < -0.39 is 0 Å². The lowest BCUT2D eigenvalue weighted by Crippen LogP contribution is -1.32. The molecule has 0 saturated heterocycles. The third-order valence-corrected chi connectivity index (χ3v) is 1.21. The van der Waals surface area contributed by atoms with Gasteiger partial charge in [-0.1, -0.05) is 11.4 Å². The molecular weight excluding hydrogens is 64.1 g/mol. The summed E-state index contributed by atoms with van der Waals surface area (Å²) in [6.07, 6.45) is 3.74. The summed E-state index contributed by atoms with van der Waals surface area (Å²) in [5, 5.41) is 0. The van der Waals surface area contributed by atoms with Gasteiger partial charge >= 0.3 is 0 Å². The van der Waals surface area contributed by atoms with Crippen LogP contribution in [0.2, 0.25) is 0 Å². The highest BCUT2D eigenvalue weighted by Gasteiger charge is 1.71. The van der Waals surface area contributed by atoms with Crippen LogP contribution in [0.15, 0.2) is 11.4 Å². The standard InChI is InChI=1S/C3H4Si/c1-4-2-3-4/h2-3H,1H2. The summed E-state index contributed by atoms with van der Waals surface area (Å²) in [5.41, 5.74) is 4.31. The van der Waals surface area contributed by atoms with E-state index in [-0.39, 0.29) is 8.01 Å². The Balaban J connectivity index is 3.55. The van der Waals surface area contributed by atoms with Gasteiger partial charge < -0.3 is 0 Å². The highest BCUT2D eigenvalue weighted by Crippen LogP contribution is 1.72. The fourth-order valence-electron chi connectivity index (χ4n) is 0.0589. The molecule has 0 atom stereocenters. The molecule has 0 aliphatic rings. The normalized spacial score (nSPS) is 9.00. The van der Waals surface area contributed by atoms with E-state index in [0.717, 1.165) is 0 Å². The summed E-state index contributed by atoms with van der Waals surface area (Å²) >= 11 is 0. The smallest absolute Gasteiger partial charge is 0.0561 e. The first-order valence-corrected chi connectivity index (χ1v) is 3.13. The third kappa shape index (κ3) is 0.156. The van der Waals surface area contributed by atoms with Crippen LogP contribution in [-0.4, -0.2) is 8.01 Å². The van der Waals surface area contributed by atoms with E-state index in [1.165, 1.54) is 0 Å². The Bertz CT molecular complexity index is 92.1. The van der Waals surface area contributed by atoms with E-state index in [0.29, 0.717) is 0 Å². The molecule has 0 radical (unpaired) electrons. The molecule has 0 amide bonds. The van der Waals surface area contributed by atoms with Crippen molar-refractivity contribution in [3.05, 3.63) is 17.5 Å². The quantitative estimate of drug-likeness (QED) is 0.388. The summed E-state index contributed by atoms with van der Waals surface area (Å²) in [7, 11) is -0.130. The molecule has 1 heterocycles. The predicted molar refractivity (Wildman–Crippen MR) is 19.9 cm³/mol. The minimum Gasteiger partial charge on any atom is -0.111 e. The van der Waals surface area contributed by atoms with Crippen LogP contribution >= 0.6 is 0 Å². The minimum atomic E-state index is -0.130. The maximum absolute atomic E-state index is 3.74. The van der Waals surface area contributed by atoms with Crippen molar-refractivity contribution in [3.8, 4) is 0 Å². The molecule has 0 N–H and O–H groups in total.